The van der Waals surface area contributed by atoms with Gasteiger partial charge in [0.15, 0.2) is 5.71 Å². The van der Waals surface area contributed by atoms with Crippen molar-refractivity contribution in [3.8, 4) is 6.07 Å². The van der Waals surface area contributed by atoms with E-state index in [0.29, 0.717) is 5.69 Å². The highest BCUT2D eigenvalue weighted by Crippen LogP contribution is 2.26. The van der Waals surface area contributed by atoms with E-state index in [9.17, 15) is 23.3 Å². The molecular formula is C18H14N6O5S. The van der Waals surface area contributed by atoms with E-state index in [4.69, 9.17) is 5.11 Å². The molecule has 12 heteroatoms. The van der Waals surface area contributed by atoms with E-state index < -0.39 is 34.5 Å². The summed E-state index contributed by atoms with van der Waals surface area (Å²) in [6.07, 6.45) is 0. The number of hydrazone groups is 1. The molecule has 0 bridgehead atoms. The number of amides is 1. The van der Waals surface area contributed by atoms with Gasteiger partial charge in [0, 0.05) is 0 Å². The van der Waals surface area contributed by atoms with Crippen LogP contribution in [-0.4, -0.2) is 43.7 Å². The van der Waals surface area contributed by atoms with Crippen molar-refractivity contribution in [2.45, 2.75) is 10.9 Å². The van der Waals surface area contributed by atoms with E-state index in [1.54, 1.807) is 36.4 Å². The molecule has 30 heavy (non-hydrogen) atoms. The summed E-state index contributed by atoms with van der Waals surface area (Å²) < 4.78 is 26.6. The molecule has 1 amide bonds. The Morgan fingerprint density at radius 2 is 1.87 bits per heavy atom. The van der Waals surface area contributed by atoms with Crippen LogP contribution < -0.4 is 9.73 Å². The number of aliphatic carboxylic acids is 1. The van der Waals surface area contributed by atoms with Crippen LogP contribution in [0.2, 0.25) is 0 Å². The monoisotopic (exact) mass is 426 g/mol. The van der Waals surface area contributed by atoms with Gasteiger partial charge in [0.2, 0.25) is 16.1 Å². The van der Waals surface area contributed by atoms with Crippen LogP contribution in [0.25, 0.3) is 0 Å². The van der Waals surface area contributed by atoms with E-state index in [2.05, 4.69) is 15.3 Å². The average molecular weight is 426 g/mol. The zero-order chi connectivity index (χ0) is 21.7. The van der Waals surface area contributed by atoms with E-state index in [-0.39, 0.29) is 16.3 Å². The highest BCUT2D eigenvalue weighted by atomic mass is 32.2. The summed E-state index contributed by atoms with van der Waals surface area (Å²) in [6.45, 7) is -0.813. The molecule has 0 aromatic heterocycles. The van der Waals surface area contributed by atoms with Crippen LogP contribution in [0, 0.1) is 11.3 Å². The number of rotatable bonds is 7. The first-order valence-electron chi connectivity index (χ1n) is 8.42. The Balaban J connectivity index is 1.90. The van der Waals surface area contributed by atoms with Crippen LogP contribution >= 0.6 is 0 Å². The van der Waals surface area contributed by atoms with Crippen molar-refractivity contribution < 1.29 is 23.1 Å². The predicted molar refractivity (Wildman–Crippen MR) is 105 cm³/mol. The number of azo groups is 1. The SMILES string of the molecule is N#CC1=NN(c2ccccc2)C(=O)C1N=Nc1ccccc1S(=O)(=O)NCC(=O)O. The molecule has 0 saturated carbocycles. The lowest BCUT2D eigenvalue weighted by Crippen LogP contribution is -2.30. The van der Waals surface area contributed by atoms with Gasteiger partial charge < -0.3 is 5.11 Å². The molecule has 1 aliphatic heterocycles. The van der Waals surface area contributed by atoms with Gasteiger partial charge in [-0.05, 0) is 24.3 Å². The molecule has 1 heterocycles. The van der Waals surface area contributed by atoms with Crippen molar-refractivity contribution in [2.75, 3.05) is 11.6 Å². The minimum Gasteiger partial charge on any atom is -0.480 e. The van der Waals surface area contributed by atoms with Gasteiger partial charge in [0.05, 0.1) is 5.69 Å². The third kappa shape index (κ3) is 4.37. The number of carboxylic acids is 1. The number of hydrogen-bond donors (Lipinski definition) is 2. The Hall–Kier alpha value is -3.95. The first kappa shape index (κ1) is 20.8. The number of sulfonamides is 1. The van der Waals surface area contributed by atoms with Crippen LogP contribution in [-0.2, 0) is 19.6 Å². The Labute approximate surface area is 171 Å². The van der Waals surface area contributed by atoms with E-state index in [1.165, 1.54) is 24.3 Å². The summed E-state index contributed by atoms with van der Waals surface area (Å²) in [7, 11) is -4.19. The standard InChI is InChI=1S/C18H14N6O5S/c19-10-14-17(18(27)24(23-14)12-6-2-1-3-7-12)22-21-13-8-4-5-9-15(13)30(28,29)20-11-16(25)26/h1-9,17,20H,11H2,(H,25,26). The average Bonchev–Trinajstić information content (AvgIpc) is 3.07. The van der Waals surface area contributed by atoms with E-state index in [1.807, 2.05) is 4.72 Å². The number of hydrogen-bond acceptors (Lipinski definition) is 8. The van der Waals surface area contributed by atoms with Crippen LogP contribution in [0.15, 0.2) is 74.8 Å². The van der Waals surface area contributed by atoms with Gasteiger partial charge in [0.25, 0.3) is 5.91 Å². The fourth-order valence-electron chi connectivity index (χ4n) is 2.51. The van der Waals surface area contributed by atoms with Gasteiger partial charge in [0.1, 0.15) is 23.2 Å². The summed E-state index contributed by atoms with van der Waals surface area (Å²) in [5, 5.41) is 30.7. The zero-order valence-electron chi connectivity index (χ0n) is 15.2. The second kappa shape index (κ2) is 8.60. The number of nitriles is 1. The lowest BCUT2D eigenvalue weighted by Gasteiger charge is -2.11. The van der Waals surface area contributed by atoms with Gasteiger partial charge in [-0.3, -0.25) is 9.59 Å². The molecule has 1 aliphatic rings. The number of carbonyl (C=O) groups is 2. The Kier molecular flexibility index (Phi) is 5.95. The molecular weight excluding hydrogens is 412 g/mol. The summed E-state index contributed by atoms with van der Waals surface area (Å²) in [4.78, 5) is 23.0. The number of carbonyl (C=O) groups excluding carboxylic acids is 1. The van der Waals surface area contributed by atoms with Crippen molar-refractivity contribution in [1.82, 2.24) is 4.72 Å². The molecule has 0 saturated heterocycles. The molecule has 2 aromatic carbocycles. The number of nitrogens with one attached hydrogen (secondary N) is 1. The van der Waals surface area contributed by atoms with Crippen molar-refractivity contribution in [3.63, 3.8) is 0 Å². The lowest BCUT2D eigenvalue weighted by molar-refractivity contribution is -0.135. The fraction of sp³-hybridized carbons (Fsp3) is 0.111. The van der Waals surface area contributed by atoms with Crippen molar-refractivity contribution >= 4 is 39.0 Å². The van der Waals surface area contributed by atoms with Crippen LogP contribution in [0.4, 0.5) is 11.4 Å². The fourth-order valence-corrected chi connectivity index (χ4v) is 3.62. The molecule has 0 radical (unpaired) electrons. The summed E-state index contributed by atoms with van der Waals surface area (Å²) in [5.74, 6) is -1.98. The number of para-hydroxylation sites is 1. The molecule has 1 atom stereocenters. The highest BCUT2D eigenvalue weighted by Gasteiger charge is 2.37. The van der Waals surface area contributed by atoms with Gasteiger partial charge in [-0.25, -0.2) is 8.42 Å². The van der Waals surface area contributed by atoms with Gasteiger partial charge in [-0.15, -0.1) is 0 Å². The third-order valence-corrected chi connectivity index (χ3v) is 5.32. The van der Waals surface area contributed by atoms with E-state index >= 15 is 0 Å². The first-order valence-corrected chi connectivity index (χ1v) is 9.91. The van der Waals surface area contributed by atoms with Crippen LogP contribution in [0.1, 0.15) is 0 Å². The normalized spacial score (nSPS) is 16.5. The van der Waals surface area contributed by atoms with Crippen LogP contribution in [0.5, 0.6) is 0 Å². The number of nitrogens with zero attached hydrogens (tertiary/aromatic N) is 5. The number of carboxylic acid groups (broad SMARTS) is 1. The Morgan fingerprint density at radius 3 is 2.53 bits per heavy atom. The van der Waals surface area contributed by atoms with Crippen molar-refractivity contribution in [2.24, 2.45) is 15.3 Å². The number of anilines is 1. The van der Waals surface area contributed by atoms with Gasteiger partial charge in [-0.1, -0.05) is 30.3 Å². The molecule has 0 fully saturated rings. The quantitative estimate of drug-likeness (QED) is 0.636. The minimum absolute atomic E-state index is 0.126. The summed E-state index contributed by atoms with van der Waals surface area (Å²) >= 11 is 0. The largest absolute Gasteiger partial charge is 0.480 e. The molecule has 1 unspecified atom stereocenters. The summed E-state index contributed by atoms with van der Waals surface area (Å²) in [6, 6.07) is 14.3. The summed E-state index contributed by atoms with van der Waals surface area (Å²) in [5.41, 5.74) is 0.115. The maximum atomic E-state index is 12.7. The maximum Gasteiger partial charge on any atom is 0.318 e. The van der Waals surface area contributed by atoms with E-state index in [0.717, 1.165) is 5.01 Å². The molecule has 152 valence electrons. The topological polar surface area (TPSA) is 165 Å². The smallest absolute Gasteiger partial charge is 0.318 e. The second-order valence-electron chi connectivity index (χ2n) is 5.89. The van der Waals surface area contributed by atoms with Crippen molar-refractivity contribution in [1.29, 1.82) is 5.26 Å². The molecule has 11 nitrogen and oxygen atoms in total. The van der Waals surface area contributed by atoms with Crippen LogP contribution in [0.3, 0.4) is 0 Å². The second-order valence-corrected chi connectivity index (χ2v) is 7.62. The minimum atomic E-state index is -4.19. The maximum absolute atomic E-state index is 12.7. The molecule has 3 rings (SSSR count). The third-order valence-electron chi connectivity index (χ3n) is 3.87. The van der Waals surface area contributed by atoms with Gasteiger partial charge >= 0.3 is 5.97 Å². The predicted octanol–water partition coefficient (Wildman–Crippen LogP) is 1.43. The molecule has 2 N–H and O–H groups in total. The lowest BCUT2D eigenvalue weighted by atomic mass is 10.2. The first-order chi connectivity index (χ1) is 14.3. The zero-order valence-corrected chi connectivity index (χ0v) is 16.0. The number of benzene rings is 2. The van der Waals surface area contributed by atoms with Crippen molar-refractivity contribution in [3.05, 3.63) is 54.6 Å². The molecule has 2 aromatic rings. The molecule has 0 aliphatic carbocycles. The Bertz CT molecular complexity index is 1190. The van der Waals surface area contributed by atoms with Gasteiger partial charge in [-0.2, -0.15) is 30.3 Å². The Morgan fingerprint density at radius 1 is 1.20 bits per heavy atom. The molecule has 0 spiro atoms. The highest BCUT2D eigenvalue weighted by molar-refractivity contribution is 7.89.